The lowest BCUT2D eigenvalue weighted by atomic mass is 9.97. The molecule has 2 heterocycles. The Bertz CT molecular complexity index is 322. The summed E-state index contributed by atoms with van der Waals surface area (Å²) < 4.78 is 5.62. The fraction of sp³-hybridized carbons (Fsp3) is 0.929. The second-order valence-corrected chi connectivity index (χ2v) is 6.01. The molecule has 0 aromatic heterocycles. The molecule has 1 N–H and O–H groups in total. The number of hydrogen-bond donors (Lipinski definition) is 1. The summed E-state index contributed by atoms with van der Waals surface area (Å²) in [6.07, 6.45) is 2.07. The topological polar surface area (TPSA) is 53.0 Å². The molecule has 5 nitrogen and oxygen atoms in total. The van der Waals surface area contributed by atoms with Gasteiger partial charge in [0.1, 0.15) is 0 Å². The van der Waals surface area contributed by atoms with E-state index in [1.54, 1.807) is 0 Å². The first kappa shape index (κ1) is 14.8. The number of rotatable bonds is 4. The number of amides is 1. The Morgan fingerprint density at radius 2 is 2.21 bits per heavy atom. The van der Waals surface area contributed by atoms with Crippen molar-refractivity contribution in [3.8, 4) is 0 Å². The summed E-state index contributed by atoms with van der Waals surface area (Å²) in [6.45, 7) is 4.04. The third-order valence-corrected chi connectivity index (χ3v) is 4.18. The zero-order valence-corrected chi connectivity index (χ0v) is 12.2. The summed E-state index contributed by atoms with van der Waals surface area (Å²) in [7, 11) is 4.00. The van der Waals surface area contributed by atoms with Crippen LogP contribution in [-0.4, -0.2) is 72.9 Å². The molecule has 110 valence electrons. The van der Waals surface area contributed by atoms with E-state index < -0.39 is 0 Å². The molecule has 0 aliphatic carbocycles. The lowest BCUT2D eigenvalue weighted by molar-refractivity contribution is -0.138. The Hall–Kier alpha value is -0.650. The number of ether oxygens (including phenoxy) is 1. The fourth-order valence-electron chi connectivity index (χ4n) is 3.30. The molecule has 1 amide bonds. The van der Waals surface area contributed by atoms with Crippen LogP contribution in [0.4, 0.5) is 0 Å². The molecule has 2 saturated heterocycles. The fourth-order valence-corrected chi connectivity index (χ4v) is 3.30. The number of aliphatic hydroxyl groups is 1. The van der Waals surface area contributed by atoms with Gasteiger partial charge >= 0.3 is 0 Å². The number of likely N-dealkylation sites (tertiary alicyclic amines) is 1. The van der Waals surface area contributed by atoms with Gasteiger partial charge in [-0.05, 0) is 33.4 Å². The number of aliphatic hydroxyl groups excluding tert-OH is 1. The van der Waals surface area contributed by atoms with Crippen LogP contribution in [0.2, 0.25) is 0 Å². The molecule has 2 fully saturated rings. The predicted octanol–water partition coefficient (Wildman–Crippen LogP) is 0.325. The van der Waals surface area contributed by atoms with Crippen molar-refractivity contribution in [2.24, 2.45) is 5.92 Å². The monoisotopic (exact) mass is 270 g/mol. The van der Waals surface area contributed by atoms with Crippen molar-refractivity contribution < 1.29 is 14.6 Å². The van der Waals surface area contributed by atoms with E-state index in [0.717, 1.165) is 19.4 Å². The number of β-amino-alcohol motifs (C(OH)–C–C–N with tert-alkyl or cyclic N) is 1. The summed E-state index contributed by atoms with van der Waals surface area (Å²) in [5.41, 5.74) is 0. The number of hydrogen-bond acceptors (Lipinski definition) is 4. The van der Waals surface area contributed by atoms with Gasteiger partial charge in [-0.15, -0.1) is 0 Å². The highest BCUT2D eigenvalue weighted by atomic mass is 16.5. The van der Waals surface area contributed by atoms with E-state index in [1.807, 2.05) is 19.0 Å². The Balaban J connectivity index is 2.03. The smallest absolute Gasteiger partial charge is 0.228 e. The van der Waals surface area contributed by atoms with Gasteiger partial charge in [0.15, 0.2) is 0 Å². The van der Waals surface area contributed by atoms with Crippen LogP contribution >= 0.6 is 0 Å². The molecule has 2 rings (SSSR count). The van der Waals surface area contributed by atoms with E-state index in [1.165, 1.54) is 0 Å². The third-order valence-electron chi connectivity index (χ3n) is 4.18. The molecule has 5 heteroatoms. The average Bonchev–Trinajstić information content (AvgIpc) is 2.93. The van der Waals surface area contributed by atoms with Crippen molar-refractivity contribution in [1.82, 2.24) is 9.80 Å². The first-order valence-electron chi connectivity index (χ1n) is 7.27. The Kier molecular flexibility index (Phi) is 4.81. The van der Waals surface area contributed by atoms with Gasteiger partial charge in [0.25, 0.3) is 0 Å². The van der Waals surface area contributed by atoms with E-state index in [9.17, 15) is 9.90 Å². The molecule has 0 aromatic carbocycles. The van der Waals surface area contributed by atoms with Gasteiger partial charge < -0.3 is 19.6 Å². The van der Waals surface area contributed by atoms with Gasteiger partial charge in [-0.3, -0.25) is 4.79 Å². The Morgan fingerprint density at radius 1 is 1.47 bits per heavy atom. The molecule has 0 saturated carbocycles. The molecular weight excluding hydrogens is 244 g/mol. The molecule has 0 spiro atoms. The van der Waals surface area contributed by atoms with Gasteiger partial charge in [-0.1, -0.05) is 6.92 Å². The minimum Gasteiger partial charge on any atom is -0.391 e. The first-order chi connectivity index (χ1) is 9.02. The van der Waals surface area contributed by atoms with Crippen LogP contribution in [0.3, 0.4) is 0 Å². The number of likely N-dealkylation sites (N-methyl/N-ethyl adjacent to an activating group) is 1. The number of nitrogens with zero attached hydrogens (tertiary/aromatic N) is 2. The molecule has 4 unspecified atom stereocenters. The quantitative estimate of drug-likeness (QED) is 0.799. The van der Waals surface area contributed by atoms with Crippen molar-refractivity contribution in [3.05, 3.63) is 0 Å². The van der Waals surface area contributed by atoms with Crippen molar-refractivity contribution in [3.63, 3.8) is 0 Å². The highest BCUT2D eigenvalue weighted by molar-refractivity contribution is 5.80. The van der Waals surface area contributed by atoms with Crippen LogP contribution in [0, 0.1) is 5.92 Å². The van der Waals surface area contributed by atoms with Gasteiger partial charge in [0.2, 0.25) is 5.91 Å². The van der Waals surface area contributed by atoms with Crippen LogP contribution in [0.15, 0.2) is 0 Å². The van der Waals surface area contributed by atoms with Gasteiger partial charge in [-0.2, -0.15) is 0 Å². The zero-order chi connectivity index (χ0) is 14.0. The molecule has 0 aromatic rings. The Labute approximate surface area is 115 Å². The maximum atomic E-state index is 12.7. The minimum atomic E-state index is -0.378. The minimum absolute atomic E-state index is 0.0139. The van der Waals surface area contributed by atoms with Crippen molar-refractivity contribution >= 4 is 5.91 Å². The SMILES string of the molecule is CCC1OCCC1C(=O)N1CC(O)CC1CN(C)C. The van der Waals surface area contributed by atoms with Gasteiger partial charge in [0, 0.05) is 25.7 Å². The summed E-state index contributed by atoms with van der Waals surface area (Å²) in [5, 5.41) is 9.85. The van der Waals surface area contributed by atoms with Crippen LogP contribution < -0.4 is 0 Å². The lowest BCUT2D eigenvalue weighted by Crippen LogP contribution is -2.45. The summed E-state index contributed by atoms with van der Waals surface area (Å²) >= 11 is 0. The predicted molar refractivity (Wildman–Crippen MR) is 72.8 cm³/mol. The van der Waals surface area contributed by atoms with E-state index >= 15 is 0 Å². The molecule has 4 atom stereocenters. The summed E-state index contributed by atoms with van der Waals surface area (Å²) in [6, 6.07) is 0.135. The second kappa shape index (κ2) is 6.20. The average molecular weight is 270 g/mol. The summed E-state index contributed by atoms with van der Waals surface area (Å²) in [5.74, 6) is 0.160. The third kappa shape index (κ3) is 3.27. The van der Waals surface area contributed by atoms with Crippen LogP contribution in [0.25, 0.3) is 0 Å². The van der Waals surface area contributed by atoms with Crippen LogP contribution in [0.5, 0.6) is 0 Å². The number of carbonyl (C=O) groups excluding carboxylic acids is 1. The van der Waals surface area contributed by atoms with E-state index in [2.05, 4.69) is 11.8 Å². The highest BCUT2D eigenvalue weighted by Gasteiger charge is 2.41. The molecule has 2 aliphatic heterocycles. The number of carbonyl (C=O) groups is 1. The largest absolute Gasteiger partial charge is 0.391 e. The first-order valence-corrected chi connectivity index (χ1v) is 7.27. The van der Waals surface area contributed by atoms with Crippen molar-refractivity contribution in [2.45, 2.75) is 44.4 Å². The van der Waals surface area contributed by atoms with E-state index in [0.29, 0.717) is 19.6 Å². The van der Waals surface area contributed by atoms with E-state index in [-0.39, 0.29) is 30.1 Å². The molecule has 19 heavy (non-hydrogen) atoms. The van der Waals surface area contributed by atoms with Crippen LogP contribution in [0.1, 0.15) is 26.2 Å². The van der Waals surface area contributed by atoms with Crippen LogP contribution in [-0.2, 0) is 9.53 Å². The van der Waals surface area contributed by atoms with Crippen molar-refractivity contribution in [1.29, 1.82) is 0 Å². The standard InChI is InChI=1S/C14H26N2O3/c1-4-13-12(5-6-19-13)14(18)16-9-11(17)7-10(16)8-15(2)3/h10-13,17H,4-9H2,1-3H3. The normalized spacial score (nSPS) is 35.3. The van der Waals surface area contributed by atoms with Gasteiger partial charge in [0.05, 0.1) is 18.1 Å². The van der Waals surface area contributed by atoms with E-state index in [4.69, 9.17) is 4.74 Å². The van der Waals surface area contributed by atoms with Gasteiger partial charge in [-0.25, -0.2) is 0 Å². The highest BCUT2D eigenvalue weighted by Crippen LogP contribution is 2.29. The molecule has 0 bridgehead atoms. The molecular formula is C14H26N2O3. The molecule has 0 radical (unpaired) electrons. The second-order valence-electron chi connectivity index (χ2n) is 6.01. The Morgan fingerprint density at radius 3 is 2.84 bits per heavy atom. The maximum Gasteiger partial charge on any atom is 0.228 e. The van der Waals surface area contributed by atoms with Crippen molar-refractivity contribution in [2.75, 3.05) is 33.8 Å². The summed E-state index contributed by atoms with van der Waals surface area (Å²) in [4.78, 5) is 16.6. The molecule has 2 aliphatic rings. The maximum absolute atomic E-state index is 12.7. The zero-order valence-electron chi connectivity index (χ0n) is 12.2. The lowest BCUT2D eigenvalue weighted by Gasteiger charge is -2.30.